The van der Waals surface area contributed by atoms with Crippen molar-refractivity contribution < 1.29 is 0 Å². The summed E-state index contributed by atoms with van der Waals surface area (Å²) in [6.45, 7) is 2.47. The summed E-state index contributed by atoms with van der Waals surface area (Å²) in [6.07, 6.45) is 4.18. The predicted molar refractivity (Wildman–Crippen MR) is 74.6 cm³/mol. The van der Waals surface area contributed by atoms with Gasteiger partial charge in [-0.1, -0.05) is 6.07 Å². The van der Waals surface area contributed by atoms with Crippen LogP contribution in [0.3, 0.4) is 0 Å². The van der Waals surface area contributed by atoms with Gasteiger partial charge in [-0.05, 0) is 31.0 Å². The second-order valence-corrected chi connectivity index (χ2v) is 4.66. The van der Waals surface area contributed by atoms with Crippen molar-refractivity contribution in [1.29, 1.82) is 0 Å². The van der Waals surface area contributed by atoms with Gasteiger partial charge in [0.25, 0.3) is 0 Å². The molecule has 2 aromatic heterocycles. The van der Waals surface area contributed by atoms with Crippen molar-refractivity contribution in [2.45, 2.75) is 19.4 Å². The van der Waals surface area contributed by atoms with Crippen LogP contribution in [0, 0.1) is 0 Å². The Bertz CT molecular complexity index is 549. The Labute approximate surface area is 112 Å². The minimum Gasteiger partial charge on any atom is -0.341 e. The maximum Gasteiger partial charge on any atom is 0.226 e. The van der Waals surface area contributed by atoms with Crippen LogP contribution in [-0.2, 0) is 6.54 Å². The molecular formula is C14H17N5. The number of nitrogens with zero attached hydrogens (tertiary/aromatic N) is 4. The lowest BCUT2D eigenvalue weighted by Gasteiger charge is -2.16. The first-order valence-corrected chi connectivity index (χ1v) is 6.61. The monoisotopic (exact) mass is 255 g/mol. The molecule has 19 heavy (non-hydrogen) atoms. The molecule has 5 nitrogen and oxygen atoms in total. The summed E-state index contributed by atoms with van der Waals surface area (Å²) < 4.78 is 0. The molecule has 0 aromatic carbocycles. The summed E-state index contributed by atoms with van der Waals surface area (Å²) in [6, 6.07) is 7.73. The SMILES string of the molecule is NCc1cc(-c2ccccn2)nc(N2CCCC2)n1. The molecule has 2 N–H and O–H groups in total. The lowest BCUT2D eigenvalue weighted by molar-refractivity contribution is 0.869. The van der Waals surface area contributed by atoms with E-state index in [0.717, 1.165) is 36.1 Å². The second-order valence-electron chi connectivity index (χ2n) is 4.66. The highest BCUT2D eigenvalue weighted by Gasteiger charge is 2.17. The Kier molecular flexibility index (Phi) is 3.37. The highest BCUT2D eigenvalue weighted by Crippen LogP contribution is 2.21. The molecule has 1 saturated heterocycles. The van der Waals surface area contributed by atoms with E-state index in [-0.39, 0.29) is 0 Å². The standard InChI is InChI=1S/C14H17N5/c15-10-11-9-13(12-5-1-2-6-16-12)18-14(17-11)19-7-3-4-8-19/h1-2,5-6,9H,3-4,7-8,10,15H2. The third-order valence-electron chi connectivity index (χ3n) is 3.29. The molecule has 1 aliphatic rings. The van der Waals surface area contributed by atoms with Crippen LogP contribution in [0.4, 0.5) is 5.95 Å². The van der Waals surface area contributed by atoms with Gasteiger partial charge in [0.1, 0.15) is 0 Å². The quantitative estimate of drug-likeness (QED) is 0.902. The van der Waals surface area contributed by atoms with Gasteiger partial charge < -0.3 is 10.6 Å². The molecule has 0 saturated carbocycles. The van der Waals surface area contributed by atoms with Gasteiger partial charge in [0.15, 0.2) is 0 Å². The molecular weight excluding hydrogens is 238 g/mol. The van der Waals surface area contributed by atoms with E-state index in [9.17, 15) is 0 Å². The predicted octanol–water partition coefficient (Wildman–Crippen LogP) is 1.60. The van der Waals surface area contributed by atoms with Crippen LogP contribution in [0.2, 0.25) is 0 Å². The zero-order chi connectivity index (χ0) is 13.1. The normalized spacial score (nSPS) is 14.9. The van der Waals surface area contributed by atoms with Crippen LogP contribution in [0.25, 0.3) is 11.4 Å². The Morgan fingerprint density at radius 2 is 1.95 bits per heavy atom. The van der Waals surface area contributed by atoms with E-state index in [2.05, 4.69) is 19.9 Å². The Hall–Kier alpha value is -2.01. The second kappa shape index (κ2) is 5.32. The molecule has 0 amide bonds. The van der Waals surface area contributed by atoms with E-state index in [1.165, 1.54) is 12.8 Å². The molecule has 0 unspecified atom stereocenters. The summed E-state index contributed by atoms with van der Waals surface area (Å²) in [5.74, 6) is 0.779. The van der Waals surface area contributed by atoms with Crippen molar-refractivity contribution in [2.24, 2.45) is 5.73 Å². The van der Waals surface area contributed by atoms with E-state index in [0.29, 0.717) is 6.54 Å². The first kappa shape index (κ1) is 12.0. The minimum absolute atomic E-state index is 0.420. The van der Waals surface area contributed by atoms with Crippen LogP contribution >= 0.6 is 0 Å². The summed E-state index contributed by atoms with van der Waals surface area (Å²) in [4.78, 5) is 15.7. The van der Waals surface area contributed by atoms with E-state index in [4.69, 9.17) is 5.73 Å². The van der Waals surface area contributed by atoms with Gasteiger partial charge >= 0.3 is 0 Å². The molecule has 1 fully saturated rings. The van der Waals surface area contributed by atoms with Crippen LogP contribution in [0.15, 0.2) is 30.5 Å². The fourth-order valence-corrected chi connectivity index (χ4v) is 2.29. The molecule has 0 bridgehead atoms. The van der Waals surface area contributed by atoms with Crippen molar-refractivity contribution in [2.75, 3.05) is 18.0 Å². The van der Waals surface area contributed by atoms with Crippen molar-refractivity contribution in [3.05, 3.63) is 36.2 Å². The molecule has 5 heteroatoms. The van der Waals surface area contributed by atoms with Gasteiger partial charge in [0.05, 0.1) is 17.1 Å². The van der Waals surface area contributed by atoms with E-state index in [1.807, 2.05) is 24.3 Å². The zero-order valence-corrected chi connectivity index (χ0v) is 10.8. The number of hydrogen-bond acceptors (Lipinski definition) is 5. The summed E-state index contributed by atoms with van der Waals surface area (Å²) in [5, 5.41) is 0. The maximum atomic E-state index is 5.74. The minimum atomic E-state index is 0.420. The molecule has 0 spiro atoms. The molecule has 3 heterocycles. The number of anilines is 1. The smallest absolute Gasteiger partial charge is 0.226 e. The average Bonchev–Trinajstić information content (AvgIpc) is 3.02. The number of nitrogens with two attached hydrogens (primary N) is 1. The highest BCUT2D eigenvalue weighted by molar-refractivity contribution is 5.56. The van der Waals surface area contributed by atoms with Gasteiger partial charge in [-0.2, -0.15) is 0 Å². The molecule has 3 rings (SSSR count). The van der Waals surface area contributed by atoms with Gasteiger partial charge in [-0.3, -0.25) is 4.98 Å². The van der Waals surface area contributed by atoms with Gasteiger partial charge in [0.2, 0.25) is 5.95 Å². The Morgan fingerprint density at radius 1 is 1.11 bits per heavy atom. The molecule has 2 aromatic rings. The fraction of sp³-hybridized carbons (Fsp3) is 0.357. The van der Waals surface area contributed by atoms with Gasteiger partial charge in [-0.25, -0.2) is 9.97 Å². The zero-order valence-electron chi connectivity index (χ0n) is 10.8. The molecule has 98 valence electrons. The summed E-state index contributed by atoms with van der Waals surface area (Å²) in [7, 11) is 0. The summed E-state index contributed by atoms with van der Waals surface area (Å²) >= 11 is 0. The van der Waals surface area contributed by atoms with Gasteiger partial charge in [-0.15, -0.1) is 0 Å². The van der Waals surface area contributed by atoms with Crippen LogP contribution in [-0.4, -0.2) is 28.0 Å². The maximum absolute atomic E-state index is 5.74. The Morgan fingerprint density at radius 3 is 2.63 bits per heavy atom. The Balaban J connectivity index is 2.02. The third-order valence-corrected chi connectivity index (χ3v) is 3.29. The van der Waals surface area contributed by atoms with Crippen molar-refractivity contribution in [3.63, 3.8) is 0 Å². The largest absolute Gasteiger partial charge is 0.341 e. The van der Waals surface area contributed by atoms with Gasteiger partial charge in [0, 0.05) is 25.8 Å². The van der Waals surface area contributed by atoms with Crippen LogP contribution < -0.4 is 10.6 Å². The number of aromatic nitrogens is 3. The van der Waals surface area contributed by atoms with Crippen molar-refractivity contribution >= 4 is 5.95 Å². The van der Waals surface area contributed by atoms with Crippen LogP contribution in [0.1, 0.15) is 18.5 Å². The fourth-order valence-electron chi connectivity index (χ4n) is 2.29. The third kappa shape index (κ3) is 2.56. The number of hydrogen-bond donors (Lipinski definition) is 1. The summed E-state index contributed by atoms with van der Waals surface area (Å²) in [5.41, 5.74) is 8.30. The van der Waals surface area contributed by atoms with E-state index >= 15 is 0 Å². The highest BCUT2D eigenvalue weighted by atomic mass is 15.3. The molecule has 0 atom stereocenters. The topological polar surface area (TPSA) is 67.9 Å². The lowest BCUT2D eigenvalue weighted by atomic mass is 10.2. The number of rotatable bonds is 3. The molecule has 0 radical (unpaired) electrons. The van der Waals surface area contributed by atoms with Crippen molar-refractivity contribution in [3.8, 4) is 11.4 Å². The first-order valence-electron chi connectivity index (χ1n) is 6.61. The lowest BCUT2D eigenvalue weighted by Crippen LogP contribution is -2.21. The molecule has 0 aliphatic carbocycles. The van der Waals surface area contributed by atoms with E-state index in [1.54, 1.807) is 6.20 Å². The average molecular weight is 255 g/mol. The molecule has 1 aliphatic heterocycles. The first-order chi connectivity index (χ1) is 9.36. The van der Waals surface area contributed by atoms with Crippen LogP contribution in [0.5, 0.6) is 0 Å². The van der Waals surface area contributed by atoms with Crippen molar-refractivity contribution in [1.82, 2.24) is 15.0 Å². The van der Waals surface area contributed by atoms with E-state index < -0.39 is 0 Å². The number of pyridine rings is 1.